The zero-order valence-electron chi connectivity index (χ0n) is 14.1. The molecule has 1 atom stereocenters. The Hall–Kier alpha value is -0.357. The summed E-state index contributed by atoms with van der Waals surface area (Å²) in [5.41, 5.74) is 6.67. The first-order chi connectivity index (χ1) is 9.56. The fourth-order valence-corrected chi connectivity index (χ4v) is 2.43. The van der Waals surface area contributed by atoms with Crippen molar-refractivity contribution in [2.75, 3.05) is 0 Å². The number of hydrogen-bond donors (Lipinski definition) is 0. The van der Waals surface area contributed by atoms with E-state index in [2.05, 4.69) is 76.3 Å². The molecule has 2 aliphatic carbocycles. The Bertz CT molecular complexity index is 577. The van der Waals surface area contributed by atoms with E-state index < -0.39 is 0 Å². The first-order valence-electron chi connectivity index (χ1n) is 7.18. The van der Waals surface area contributed by atoms with E-state index in [1.807, 2.05) is 6.07 Å². The second-order valence-electron chi connectivity index (χ2n) is 5.48. The molecule has 0 radical (unpaired) electrons. The summed E-state index contributed by atoms with van der Waals surface area (Å²) in [5, 5.41) is 0. The summed E-state index contributed by atoms with van der Waals surface area (Å²) in [6.45, 7) is 8.48. The van der Waals surface area contributed by atoms with Crippen LogP contribution in [0.15, 0.2) is 59.2 Å². The molecular formula is C20H24Cl2Zr. The summed E-state index contributed by atoms with van der Waals surface area (Å²) in [6.07, 6.45) is 12.0. The molecule has 0 nitrogen and oxygen atoms in total. The van der Waals surface area contributed by atoms with Crippen molar-refractivity contribution in [3.8, 4) is 0 Å². The Kier molecular flexibility index (Phi) is 13.1. The van der Waals surface area contributed by atoms with Crippen molar-refractivity contribution in [1.29, 1.82) is 0 Å². The van der Waals surface area contributed by atoms with Gasteiger partial charge in [0.15, 0.2) is 0 Å². The summed E-state index contributed by atoms with van der Waals surface area (Å²) in [7, 11) is 0. The number of halogens is 2. The molecule has 23 heavy (non-hydrogen) atoms. The third-order valence-electron chi connectivity index (χ3n) is 3.63. The van der Waals surface area contributed by atoms with E-state index in [4.69, 9.17) is 0 Å². The summed E-state index contributed by atoms with van der Waals surface area (Å²) < 4.78 is 0. The van der Waals surface area contributed by atoms with Crippen molar-refractivity contribution in [3.63, 3.8) is 0 Å². The molecule has 0 fully saturated rings. The van der Waals surface area contributed by atoms with Gasteiger partial charge in [-0.1, -0.05) is 57.0 Å². The average Bonchev–Trinajstić information content (AvgIpc) is 2.98. The summed E-state index contributed by atoms with van der Waals surface area (Å²) in [6, 6.07) is 10.5. The van der Waals surface area contributed by atoms with Gasteiger partial charge >= 0.3 is 26.2 Å². The SMILES string of the molecule is CC1=[C-]C(C)C=C1C.CC1=[C-]CC(c2ccccc2)=C1.Cl.Cl.[Zr+2]. The fourth-order valence-electron chi connectivity index (χ4n) is 2.43. The average molecular weight is 427 g/mol. The van der Waals surface area contributed by atoms with Gasteiger partial charge in [-0.3, -0.25) is 12.2 Å². The topological polar surface area (TPSA) is 0 Å². The van der Waals surface area contributed by atoms with Gasteiger partial charge < -0.3 is 0 Å². The molecule has 0 spiro atoms. The van der Waals surface area contributed by atoms with Crippen molar-refractivity contribution in [2.45, 2.75) is 34.1 Å². The maximum Gasteiger partial charge on any atom is 2.00 e. The van der Waals surface area contributed by atoms with Crippen LogP contribution in [-0.2, 0) is 26.2 Å². The van der Waals surface area contributed by atoms with Gasteiger partial charge in [-0.2, -0.15) is 6.08 Å². The third kappa shape index (κ3) is 7.84. The second kappa shape index (κ2) is 12.1. The number of benzene rings is 1. The summed E-state index contributed by atoms with van der Waals surface area (Å²) >= 11 is 0. The van der Waals surface area contributed by atoms with Crippen molar-refractivity contribution in [2.24, 2.45) is 5.92 Å². The van der Waals surface area contributed by atoms with E-state index in [-0.39, 0.29) is 51.0 Å². The minimum absolute atomic E-state index is 0. The largest absolute Gasteiger partial charge is 2.00 e. The summed E-state index contributed by atoms with van der Waals surface area (Å²) in [4.78, 5) is 0. The van der Waals surface area contributed by atoms with Gasteiger partial charge in [0, 0.05) is 0 Å². The molecule has 3 rings (SSSR count). The van der Waals surface area contributed by atoms with Crippen LogP contribution in [0.2, 0.25) is 0 Å². The van der Waals surface area contributed by atoms with E-state index in [1.165, 1.54) is 27.9 Å². The smallest absolute Gasteiger partial charge is 0.269 e. The molecule has 0 amide bonds. The molecule has 0 saturated carbocycles. The molecule has 0 N–H and O–H groups in total. The quantitative estimate of drug-likeness (QED) is 0.456. The molecule has 1 aromatic rings. The molecule has 0 aromatic heterocycles. The van der Waals surface area contributed by atoms with E-state index in [9.17, 15) is 0 Å². The van der Waals surface area contributed by atoms with Crippen LogP contribution in [0.4, 0.5) is 0 Å². The van der Waals surface area contributed by atoms with E-state index in [1.54, 1.807) is 0 Å². The van der Waals surface area contributed by atoms with Crippen LogP contribution in [0.3, 0.4) is 0 Å². The molecule has 3 heteroatoms. The molecule has 1 unspecified atom stereocenters. The molecule has 0 heterocycles. The minimum Gasteiger partial charge on any atom is -0.269 e. The Morgan fingerprint density at radius 2 is 1.61 bits per heavy atom. The second-order valence-corrected chi connectivity index (χ2v) is 5.48. The summed E-state index contributed by atoms with van der Waals surface area (Å²) in [5.74, 6) is 0.551. The van der Waals surface area contributed by atoms with Crippen LogP contribution < -0.4 is 0 Å². The van der Waals surface area contributed by atoms with Crippen LogP contribution in [-0.4, -0.2) is 0 Å². The zero-order valence-corrected chi connectivity index (χ0v) is 18.2. The molecule has 0 bridgehead atoms. The first kappa shape index (κ1) is 24.9. The van der Waals surface area contributed by atoms with Crippen molar-refractivity contribution in [1.82, 2.24) is 0 Å². The van der Waals surface area contributed by atoms with Gasteiger partial charge in [-0.25, -0.2) is 22.8 Å². The van der Waals surface area contributed by atoms with Crippen LogP contribution in [0.1, 0.15) is 39.7 Å². The van der Waals surface area contributed by atoms with Gasteiger partial charge in [-0.15, -0.1) is 43.7 Å². The van der Waals surface area contributed by atoms with E-state index in [0.717, 1.165) is 6.42 Å². The maximum absolute atomic E-state index is 3.29. The Labute approximate surface area is 172 Å². The van der Waals surface area contributed by atoms with Crippen molar-refractivity contribution >= 4 is 30.4 Å². The third-order valence-corrected chi connectivity index (χ3v) is 3.63. The van der Waals surface area contributed by atoms with Gasteiger partial charge in [0.25, 0.3) is 0 Å². The first-order valence-corrected chi connectivity index (χ1v) is 7.18. The van der Waals surface area contributed by atoms with Crippen molar-refractivity contribution in [3.05, 3.63) is 76.9 Å². The van der Waals surface area contributed by atoms with Crippen LogP contribution >= 0.6 is 24.8 Å². The molecule has 0 aliphatic heterocycles. The van der Waals surface area contributed by atoms with Crippen LogP contribution in [0, 0.1) is 18.1 Å². The van der Waals surface area contributed by atoms with Crippen LogP contribution in [0.25, 0.3) is 5.57 Å². The minimum atomic E-state index is 0. The Morgan fingerprint density at radius 3 is 1.96 bits per heavy atom. The normalized spacial score (nSPS) is 17.8. The number of rotatable bonds is 1. The Balaban J connectivity index is 0. The van der Waals surface area contributed by atoms with Gasteiger partial charge in [0.1, 0.15) is 0 Å². The van der Waals surface area contributed by atoms with Crippen molar-refractivity contribution < 1.29 is 26.2 Å². The number of hydrogen-bond acceptors (Lipinski definition) is 0. The monoisotopic (exact) mass is 424 g/mol. The van der Waals surface area contributed by atoms with E-state index in [0.29, 0.717) is 5.92 Å². The zero-order chi connectivity index (χ0) is 14.5. The van der Waals surface area contributed by atoms with Crippen LogP contribution in [0.5, 0.6) is 0 Å². The van der Waals surface area contributed by atoms with E-state index >= 15 is 0 Å². The molecular weight excluding hydrogens is 402 g/mol. The Morgan fingerprint density at radius 1 is 1.00 bits per heavy atom. The molecule has 2 aliphatic rings. The maximum atomic E-state index is 3.29. The molecule has 0 saturated heterocycles. The molecule has 1 aromatic carbocycles. The fraction of sp³-hybridized carbons (Fsp3) is 0.300. The predicted molar refractivity (Wildman–Crippen MR) is 101 cm³/mol. The standard InChI is InChI=1S/C12H11.C8H11.2ClH.Zr/c1-10-7-8-12(9-10)11-5-3-2-4-6-11;1-6-4-7(2)8(3)5-6;;;/h2-6,9H,8H2,1H3;4,6H,1-3H3;2*1H;/q2*-1;;;+2. The van der Waals surface area contributed by atoms with Gasteiger partial charge in [-0.05, 0) is 5.56 Å². The number of allylic oxidation sites excluding steroid dienone is 8. The van der Waals surface area contributed by atoms with Gasteiger partial charge in [0.05, 0.1) is 0 Å². The predicted octanol–water partition coefficient (Wildman–Crippen LogP) is 6.40. The molecule has 122 valence electrons. The van der Waals surface area contributed by atoms with Gasteiger partial charge in [0.2, 0.25) is 0 Å².